The van der Waals surface area contributed by atoms with Gasteiger partial charge >= 0.3 is 0 Å². The summed E-state index contributed by atoms with van der Waals surface area (Å²) in [5.41, 5.74) is 1.21. The molecular formula is C12H14BrN5O2. The van der Waals surface area contributed by atoms with E-state index in [2.05, 4.69) is 38.5 Å². The molecule has 106 valence electrons. The molecule has 0 saturated carbocycles. The van der Waals surface area contributed by atoms with Crippen LogP contribution in [0, 0.1) is 10.1 Å². The number of hydrogen-bond acceptors (Lipinski definition) is 5. The summed E-state index contributed by atoms with van der Waals surface area (Å²) in [7, 11) is 0. The number of aromatic nitrogens is 3. The average Bonchev–Trinajstić information content (AvgIpc) is 2.85. The Morgan fingerprint density at radius 2 is 2.30 bits per heavy atom. The molecule has 0 radical (unpaired) electrons. The van der Waals surface area contributed by atoms with E-state index in [1.54, 1.807) is 16.8 Å². The first-order valence-corrected chi connectivity index (χ1v) is 6.97. The second-order valence-electron chi connectivity index (χ2n) is 4.22. The predicted octanol–water partition coefficient (Wildman–Crippen LogP) is 2.97. The van der Waals surface area contributed by atoms with Gasteiger partial charge in [0, 0.05) is 17.1 Å². The zero-order chi connectivity index (χ0) is 14.5. The van der Waals surface area contributed by atoms with Gasteiger partial charge in [-0.05, 0) is 28.4 Å². The third-order valence-electron chi connectivity index (χ3n) is 2.67. The Morgan fingerprint density at radius 3 is 3.00 bits per heavy atom. The summed E-state index contributed by atoms with van der Waals surface area (Å²) in [6.45, 7) is 3.25. The first kappa shape index (κ1) is 14.4. The van der Waals surface area contributed by atoms with Crippen molar-refractivity contribution >= 4 is 27.3 Å². The fourth-order valence-electron chi connectivity index (χ4n) is 1.78. The van der Waals surface area contributed by atoms with Crippen LogP contribution in [-0.4, -0.2) is 19.9 Å². The number of nitro benzene ring substituents is 1. The van der Waals surface area contributed by atoms with Gasteiger partial charge in [0.25, 0.3) is 5.69 Å². The lowest BCUT2D eigenvalue weighted by Gasteiger charge is -2.07. The van der Waals surface area contributed by atoms with E-state index in [0.29, 0.717) is 16.7 Å². The number of nitro groups is 1. The van der Waals surface area contributed by atoms with Gasteiger partial charge in [0.15, 0.2) is 0 Å². The molecule has 20 heavy (non-hydrogen) atoms. The summed E-state index contributed by atoms with van der Waals surface area (Å²) < 4.78 is 2.40. The van der Waals surface area contributed by atoms with E-state index in [1.165, 1.54) is 6.07 Å². The fraction of sp³-hybridized carbons (Fsp3) is 0.333. The van der Waals surface area contributed by atoms with E-state index in [4.69, 9.17) is 0 Å². The molecule has 1 aromatic carbocycles. The summed E-state index contributed by atoms with van der Waals surface area (Å²) in [4.78, 5) is 10.6. The van der Waals surface area contributed by atoms with Crippen LogP contribution in [0.25, 0.3) is 0 Å². The Balaban J connectivity index is 2.12. The molecule has 8 heteroatoms. The Morgan fingerprint density at radius 1 is 1.50 bits per heavy atom. The fourth-order valence-corrected chi connectivity index (χ4v) is 2.27. The summed E-state index contributed by atoms with van der Waals surface area (Å²) >= 11 is 3.31. The largest absolute Gasteiger partial charge is 0.373 e. The minimum absolute atomic E-state index is 0.0281. The minimum Gasteiger partial charge on any atom is -0.373 e. The van der Waals surface area contributed by atoms with E-state index in [9.17, 15) is 10.1 Å². The first-order valence-electron chi connectivity index (χ1n) is 6.17. The number of nitrogens with one attached hydrogen (secondary N) is 1. The maximum Gasteiger partial charge on any atom is 0.293 e. The van der Waals surface area contributed by atoms with Crippen molar-refractivity contribution in [2.75, 3.05) is 5.32 Å². The van der Waals surface area contributed by atoms with Crippen molar-refractivity contribution in [2.24, 2.45) is 0 Å². The summed E-state index contributed by atoms with van der Waals surface area (Å²) in [6.07, 6.45) is 2.81. The van der Waals surface area contributed by atoms with Crippen LogP contribution >= 0.6 is 15.9 Å². The molecule has 0 unspecified atom stereocenters. The summed E-state index contributed by atoms with van der Waals surface area (Å²) in [5.74, 6) is 0. The van der Waals surface area contributed by atoms with Gasteiger partial charge in [-0.15, -0.1) is 5.10 Å². The molecular weight excluding hydrogens is 326 g/mol. The molecule has 2 aromatic rings. The van der Waals surface area contributed by atoms with Crippen molar-refractivity contribution < 1.29 is 4.92 Å². The molecule has 1 heterocycles. The molecule has 1 aromatic heterocycles. The monoisotopic (exact) mass is 339 g/mol. The van der Waals surface area contributed by atoms with E-state index < -0.39 is 4.92 Å². The first-order chi connectivity index (χ1) is 9.61. The molecule has 0 fully saturated rings. The molecule has 1 N–H and O–H groups in total. The van der Waals surface area contributed by atoms with Crippen LogP contribution in [0.2, 0.25) is 0 Å². The van der Waals surface area contributed by atoms with Gasteiger partial charge in [0.2, 0.25) is 0 Å². The van der Waals surface area contributed by atoms with E-state index in [0.717, 1.165) is 18.7 Å². The number of para-hydroxylation sites is 1. The number of hydrogen-bond donors (Lipinski definition) is 1. The number of halogens is 1. The van der Waals surface area contributed by atoms with Gasteiger partial charge in [-0.25, -0.2) is 0 Å². The van der Waals surface area contributed by atoms with Crippen molar-refractivity contribution in [3.8, 4) is 0 Å². The topological polar surface area (TPSA) is 85.9 Å². The maximum absolute atomic E-state index is 11.0. The van der Waals surface area contributed by atoms with Crippen molar-refractivity contribution in [3.63, 3.8) is 0 Å². The van der Waals surface area contributed by atoms with Crippen LogP contribution in [0.1, 0.15) is 19.0 Å². The second kappa shape index (κ2) is 6.47. The van der Waals surface area contributed by atoms with Gasteiger partial charge in [-0.1, -0.05) is 18.2 Å². The second-order valence-corrected chi connectivity index (χ2v) is 5.07. The van der Waals surface area contributed by atoms with Crippen LogP contribution in [0.5, 0.6) is 0 Å². The van der Waals surface area contributed by atoms with Crippen molar-refractivity contribution in [2.45, 2.75) is 26.4 Å². The zero-order valence-electron chi connectivity index (χ0n) is 10.9. The smallest absolute Gasteiger partial charge is 0.293 e. The van der Waals surface area contributed by atoms with Crippen molar-refractivity contribution in [1.29, 1.82) is 0 Å². The molecule has 0 bridgehead atoms. The standard InChI is InChI=1S/C12H14BrN5O2/c1-2-6-17-8-9(15-16-17)7-14-12-10(13)4-3-5-11(12)18(19)20/h3-5,8,14H,2,6-7H2,1H3. The average molecular weight is 340 g/mol. The lowest BCUT2D eigenvalue weighted by molar-refractivity contribution is -0.384. The molecule has 0 saturated heterocycles. The van der Waals surface area contributed by atoms with E-state index in [1.807, 2.05) is 6.20 Å². The number of benzene rings is 1. The molecule has 2 rings (SSSR count). The Hall–Kier alpha value is -1.96. The Labute approximate surface area is 124 Å². The van der Waals surface area contributed by atoms with Gasteiger partial charge < -0.3 is 5.32 Å². The predicted molar refractivity (Wildman–Crippen MR) is 78.4 cm³/mol. The number of nitrogens with zero attached hydrogens (tertiary/aromatic N) is 4. The number of aryl methyl sites for hydroxylation is 1. The molecule has 0 atom stereocenters. The third-order valence-corrected chi connectivity index (χ3v) is 3.33. The summed E-state index contributed by atoms with van der Waals surface area (Å²) in [5, 5.41) is 22.0. The van der Waals surface area contributed by atoms with Crippen molar-refractivity contribution in [1.82, 2.24) is 15.0 Å². The molecule has 0 aliphatic rings. The van der Waals surface area contributed by atoms with Crippen LogP contribution in [-0.2, 0) is 13.1 Å². The zero-order valence-corrected chi connectivity index (χ0v) is 12.5. The lowest BCUT2D eigenvalue weighted by atomic mass is 10.2. The Kier molecular flexibility index (Phi) is 4.67. The van der Waals surface area contributed by atoms with Gasteiger partial charge in [-0.3, -0.25) is 14.8 Å². The molecule has 0 aliphatic carbocycles. The van der Waals surface area contributed by atoms with Gasteiger partial charge in [0.1, 0.15) is 11.4 Å². The number of rotatable bonds is 6. The quantitative estimate of drug-likeness (QED) is 0.645. The Bertz CT molecular complexity index is 614. The third kappa shape index (κ3) is 3.32. The van der Waals surface area contributed by atoms with Crippen molar-refractivity contribution in [3.05, 3.63) is 44.7 Å². The van der Waals surface area contributed by atoms with Crippen LogP contribution < -0.4 is 5.32 Å². The molecule has 7 nitrogen and oxygen atoms in total. The van der Waals surface area contributed by atoms with Crippen LogP contribution in [0.4, 0.5) is 11.4 Å². The van der Waals surface area contributed by atoms with Gasteiger partial charge in [0.05, 0.1) is 17.7 Å². The highest BCUT2D eigenvalue weighted by Crippen LogP contribution is 2.32. The van der Waals surface area contributed by atoms with Crippen LogP contribution in [0.15, 0.2) is 28.9 Å². The minimum atomic E-state index is -0.416. The highest BCUT2D eigenvalue weighted by atomic mass is 79.9. The summed E-state index contributed by atoms with van der Waals surface area (Å²) in [6, 6.07) is 4.84. The number of anilines is 1. The van der Waals surface area contributed by atoms with E-state index >= 15 is 0 Å². The normalized spacial score (nSPS) is 10.5. The SMILES string of the molecule is CCCn1cc(CNc2c(Br)cccc2[N+](=O)[O-])nn1. The van der Waals surface area contributed by atoms with E-state index in [-0.39, 0.29) is 5.69 Å². The molecule has 0 amide bonds. The molecule has 0 spiro atoms. The highest BCUT2D eigenvalue weighted by Gasteiger charge is 2.16. The lowest BCUT2D eigenvalue weighted by Crippen LogP contribution is -2.03. The van der Waals surface area contributed by atoms with Gasteiger partial charge in [-0.2, -0.15) is 0 Å². The van der Waals surface area contributed by atoms with Crippen LogP contribution in [0.3, 0.4) is 0 Å². The maximum atomic E-state index is 11.0. The highest BCUT2D eigenvalue weighted by molar-refractivity contribution is 9.10. The molecule has 0 aliphatic heterocycles.